The summed E-state index contributed by atoms with van der Waals surface area (Å²) in [6.45, 7) is 3.15. The first-order valence-corrected chi connectivity index (χ1v) is 8.11. The fourth-order valence-electron chi connectivity index (χ4n) is 5.69. The van der Waals surface area contributed by atoms with Crippen LogP contribution >= 0.6 is 0 Å². The van der Waals surface area contributed by atoms with E-state index in [0.717, 1.165) is 12.8 Å². The number of fused-ring (bicyclic) bond motifs is 3. The Labute approximate surface area is 130 Å². The van der Waals surface area contributed by atoms with Gasteiger partial charge in [0.25, 0.3) is 0 Å². The second-order valence-corrected chi connectivity index (χ2v) is 7.15. The molecule has 0 radical (unpaired) electrons. The number of hydrogen-bond donors (Lipinski definition) is 0. The van der Waals surface area contributed by atoms with Crippen LogP contribution in [0.4, 0.5) is 0 Å². The molecule has 0 aromatic heterocycles. The van der Waals surface area contributed by atoms with Crippen molar-refractivity contribution < 1.29 is 23.7 Å². The van der Waals surface area contributed by atoms with E-state index in [1.807, 2.05) is 6.92 Å². The standard InChI is InChI=1S/C17H24O5/c1-15(21-7-8-22-15)16-9-11-5-4-6-12(11)14(16)17(19-2,20-3)13(18)10-16/h4-5,11-12,14H,6-10H2,1-3H3/t11-,12-,14+,16-/m0/s1. The monoisotopic (exact) mass is 308 g/mol. The lowest BCUT2D eigenvalue weighted by atomic mass is 9.70. The van der Waals surface area contributed by atoms with E-state index in [2.05, 4.69) is 12.2 Å². The second kappa shape index (κ2) is 4.63. The molecular formula is C17H24O5. The van der Waals surface area contributed by atoms with Crippen molar-refractivity contribution in [3.8, 4) is 0 Å². The van der Waals surface area contributed by atoms with Gasteiger partial charge in [-0.15, -0.1) is 0 Å². The van der Waals surface area contributed by atoms with Crippen LogP contribution in [-0.4, -0.2) is 44.8 Å². The van der Waals surface area contributed by atoms with E-state index >= 15 is 0 Å². The lowest BCUT2D eigenvalue weighted by Gasteiger charge is -2.45. The van der Waals surface area contributed by atoms with Crippen molar-refractivity contribution in [2.75, 3.05) is 27.4 Å². The number of ether oxygens (including phenoxy) is 4. The minimum atomic E-state index is -1.16. The van der Waals surface area contributed by atoms with E-state index in [9.17, 15) is 4.79 Å². The van der Waals surface area contributed by atoms with Gasteiger partial charge in [0.15, 0.2) is 11.6 Å². The van der Waals surface area contributed by atoms with Gasteiger partial charge in [0.1, 0.15) is 0 Å². The molecule has 4 aliphatic rings. The fourth-order valence-corrected chi connectivity index (χ4v) is 5.69. The maximum Gasteiger partial charge on any atom is 0.232 e. The summed E-state index contributed by atoms with van der Waals surface area (Å²) < 4.78 is 23.4. The zero-order valence-electron chi connectivity index (χ0n) is 13.5. The lowest BCUT2D eigenvalue weighted by Crippen LogP contribution is -2.54. The maximum atomic E-state index is 12.9. The molecule has 1 aliphatic heterocycles. The van der Waals surface area contributed by atoms with Crippen molar-refractivity contribution in [1.29, 1.82) is 0 Å². The van der Waals surface area contributed by atoms with Crippen LogP contribution in [0.1, 0.15) is 26.2 Å². The van der Waals surface area contributed by atoms with Crippen LogP contribution < -0.4 is 0 Å². The SMILES string of the molecule is COC1(OC)C(=O)C[C@@]2(C3(C)OCCO3)C[C@@H]3C=CC[C@@H]3[C@@H]12. The topological polar surface area (TPSA) is 54.0 Å². The highest BCUT2D eigenvalue weighted by Gasteiger charge is 2.76. The summed E-state index contributed by atoms with van der Waals surface area (Å²) in [5, 5.41) is 0. The smallest absolute Gasteiger partial charge is 0.232 e. The largest absolute Gasteiger partial charge is 0.347 e. The zero-order chi connectivity index (χ0) is 15.6. The molecule has 0 bridgehead atoms. The molecule has 4 atom stereocenters. The molecule has 22 heavy (non-hydrogen) atoms. The third-order valence-corrected chi connectivity index (χ3v) is 6.59. The summed E-state index contributed by atoms with van der Waals surface area (Å²) in [5.74, 6) is -1.10. The minimum absolute atomic E-state index is 0.0215. The van der Waals surface area contributed by atoms with Crippen molar-refractivity contribution in [1.82, 2.24) is 0 Å². The van der Waals surface area contributed by atoms with Crippen LogP contribution in [0, 0.1) is 23.2 Å². The number of methoxy groups -OCH3 is 2. The van der Waals surface area contributed by atoms with Crippen LogP contribution in [0.25, 0.3) is 0 Å². The highest BCUT2D eigenvalue weighted by Crippen LogP contribution is 2.69. The number of allylic oxidation sites excluding steroid dienone is 2. The van der Waals surface area contributed by atoms with E-state index in [0.29, 0.717) is 31.5 Å². The Morgan fingerprint density at radius 3 is 2.55 bits per heavy atom. The Morgan fingerprint density at radius 1 is 1.23 bits per heavy atom. The minimum Gasteiger partial charge on any atom is -0.347 e. The van der Waals surface area contributed by atoms with Crippen LogP contribution in [0.3, 0.4) is 0 Å². The third-order valence-electron chi connectivity index (χ3n) is 6.59. The molecule has 0 amide bonds. The highest BCUT2D eigenvalue weighted by atomic mass is 16.7. The quantitative estimate of drug-likeness (QED) is 0.589. The van der Waals surface area contributed by atoms with Crippen molar-refractivity contribution in [3.05, 3.63) is 12.2 Å². The average molecular weight is 308 g/mol. The molecule has 2 saturated carbocycles. The molecule has 122 valence electrons. The predicted octanol–water partition coefficient (Wildman–Crippen LogP) is 1.91. The van der Waals surface area contributed by atoms with Gasteiger partial charge in [0, 0.05) is 32.0 Å². The molecule has 0 spiro atoms. The number of Topliss-reactive ketones (excluding diaryl/α,β-unsaturated/α-hetero) is 1. The molecule has 1 heterocycles. The Morgan fingerprint density at radius 2 is 1.91 bits per heavy atom. The van der Waals surface area contributed by atoms with Crippen molar-refractivity contribution in [2.24, 2.45) is 23.2 Å². The van der Waals surface area contributed by atoms with Crippen LogP contribution in [0.2, 0.25) is 0 Å². The first-order chi connectivity index (χ1) is 10.5. The molecule has 5 nitrogen and oxygen atoms in total. The third kappa shape index (κ3) is 1.51. The summed E-state index contributed by atoms with van der Waals surface area (Å²) in [4.78, 5) is 12.9. The summed E-state index contributed by atoms with van der Waals surface area (Å²) >= 11 is 0. The number of ketones is 1. The first kappa shape index (κ1) is 14.8. The molecule has 0 aromatic rings. The van der Waals surface area contributed by atoms with E-state index in [4.69, 9.17) is 18.9 Å². The summed E-state index contributed by atoms with van der Waals surface area (Å²) in [6, 6.07) is 0. The fraction of sp³-hybridized carbons (Fsp3) is 0.824. The number of carbonyl (C=O) groups is 1. The lowest BCUT2D eigenvalue weighted by molar-refractivity contribution is -0.276. The predicted molar refractivity (Wildman–Crippen MR) is 78.0 cm³/mol. The Balaban J connectivity index is 1.86. The Bertz CT molecular complexity index is 517. The van der Waals surface area contributed by atoms with Crippen molar-refractivity contribution >= 4 is 5.78 Å². The summed E-state index contributed by atoms with van der Waals surface area (Å²) in [5.41, 5.74) is -0.368. The van der Waals surface area contributed by atoms with Crippen molar-refractivity contribution in [3.63, 3.8) is 0 Å². The molecule has 1 saturated heterocycles. The van der Waals surface area contributed by atoms with Gasteiger partial charge in [0.2, 0.25) is 5.79 Å². The van der Waals surface area contributed by atoms with Gasteiger partial charge < -0.3 is 18.9 Å². The zero-order valence-corrected chi connectivity index (χ0v) is 13.5. The number of carbonyl (C=O) groups excluding carboxylic acids is 1. The van der Waals surface area contributed by atoms with Gasteiger partial charge in [0.05, 0.1) is 13.2 Å². The van der Waals surface area contributed by atoms with Gasteiger partial charge in [-0.1, -0.05) is 12.2 Å². The highest BCUT2D eigenvalue weighted by molar-refractivity contribution is 5.90. The molecule has 5 heteroatoms. The van der Waals surface area contributed by atoms with Crippen molar-refractivity contribution in [2.45, 2.75) is 37.8 Å². The Hall–Kier alpha value is -0.750. The van der Waals surface area contributed by atoms with Gasteiger partial charge >= 0.3 is 0 Å². The van der Waals surface area contributed by atoms with Crippen LogP contribution in [0.5, 0.6) is 0 Å². The van der Waals surface area contributed by atoms with E-state index in [1.165, 1.54) is 0 Å². The molecule has 0 unspecified atom stereocenters. The van der Waals surface area contributed by atoms with Gasteiger partial charge in [-0.2, -0.15) is 0 Å². The van der Waals surface area contributed by atoms with Gasteiger partial charge in [-0.25, -0.2) is 0 Å². The Kier molecular flexibility index (Phi) is 3.12. The van der Waals surface area contributed by atoms with E-state index in [1.54, 1.807) is 14.2 Å². The number of hydrogen-bond acceptors (Lipinski definition) is 5. The summed E-state index contributed by atoms with van der Waals surface area (Å²) in [6.07, 6.45) is 6.77. The molecule has 3 fully saturated rings. The average Bonchev–Trinajstić information content (AvgIpc) is 3.21. The molecular weight excluding hydrogens is 284 g/mol. The normalized spacial score (nSPS) is 44.5. The van der Waals surface area contributed by atoms with Crippen LogP contribution in [-0.2, 0) is 23.7 Å². The second-order valence-electron chi connectivity index (χ2n) is 7.15. The molecule has 3 aliphatic carbocycles. The van der Waals surface area contributed by atoms with Gasteiger partial charge in [-0.05, 0) is 31.6 Å². The summed E-state index contributed by atoms with van der Waals surface area (Å²) in [7, 11) is 3.15. The first-order valence-electron chi connectivity index (χ1n) is 8.11. The molecule has 0 aromatic carbocycles. The maximum absolute atomic E-state index is 12.9. The number of rotatable bonds is 3. The molecule has 4 rings (SSSR count). The van der Waals surface area contributed by atoms with E-state index in [-0.39, 0.29) is 17.1 Å². The van der Waals surface area contributed by atoms with Gasteiger partial charge in [-0.3, -0.25) is 4.79 Å². The van der Waals surface area contributed by atoms with Crippen LogP contribution in [0.15, 0.2) is 12.2 Å². The molecule has 0 N–H and O–H groups in total. The van der Waals surface area contributed by atoms with E-state index < -0.39 is 11.6 Å².